The minimum atomic E-state index is -2.08. The fraction of sp³-hybridized carbons (Fsp3) is 0.189. The smallest absolute Gasteiger partial charge is 0.493 e. The van der Waals surface area contributed by atoms with Gasteiger partial charge >= 0.3 is 17.2 Å². The van der Waals surface area contributed by atoms with Gasteiger partial charge in [-0.2, -0.15) is 0 Å². The minimum absolute atomic E-state index is 0.460. The fourth-order valence-electron chi connectivity index (χ4n) is 4.53. The third-order valence-electron chi connectivity index (χ3n) is 7.00. The zero-order valence-corrected chi connectivity index (χ0v) is 29.4. The van der Waals surface area contributed by atoms with E-state index in [0.29, 0.717) is 51.6 Å². The highest BCUT2D eigenvalue weighted by atomic mass is 31.2. The standard InChI is InChI=1S/C37H38O9P2/c1-27-17-7-9-19-29(27)41-47(43-34-24-14-11-21-31(34)38-4)42-30-20-10-8-18-28(30)37(2,3)46-48(44-35-25-15-12-22-32(35)39-5)45-36-26-16-13-23-33(36)40-6/h7-26H,1-6H3. The van der Waals surface area contributed by atoms with Crippen molar-refractivity contribution in [2.24, 2.45) is 0 Å². The van der Waals surface area contributed by atoms with Crippen molar-refractivity contribution in [3.8, 4) is 46.0 Å². The molecule has 0 aliphatic rings. The van der Waals surface area contributed by atoms with Gasteiger partial charge in [0.1, 0.15) is 17.1 Å². The molecule has 48 heavy (non-hydrogen) atoms. The van der Waals surface area contributed by atoms with Gasteiger partial charge in [0.25, 0.3) is 0 Å². The van der Waals surface area contributed by atoms with Gasteiger partial charge in [-0.1, -0.05) is 72.8 Å². The van der Waals surface area contributed by atoms with Crippen molar-refractivity contribution < 1.29 is 41.4 Å². The van der Waals surface area contributed by atoms with Crippen LogP contribution in [0.15, 0.2) is 121 Å². The van der Waals surface area contributed by atoms with E-state index in [-0.39, 0.29) is 0 Å². The minimum Gasteiger partial charge on any atom is -0.493 e. The molecule has 0 aliphatic heterocycles. The molecular formula is C37H38O9P2. The summed E-state index contributed by atoms with van der Waals surface area (Å²) in [4.78, 5) is 0. The molecule has 0 amide bonds. The Morgan fingerprint density at radius 2 is 0.729 bits per heavy atom. The molecule has 0 N–H and O–H groups in total. The summed E-state index contributed by atoms with van der Waals surface area (Å²) in [6, 6.07) is 37.2. The Bertz CT molecular complexity index is 1730. The molecule has 0 aliphatic carbocycles. The lowest BCUT2D eigenvalue weighted by atomic mass is 9.98. The Balaban J connectivity index is 1.47. The Morgan fingerprint density at radius 3 is 1.19 bits per heavy atom. The topological polar surface area (TPSA) is 83.1 Å². The maximum atomic E-state index is 6.68. The third-order valence-corrected chi connectivity index (χ3v) is 9.34. The lowest BCUT2D eigenvalue weighted by molar-refractivity contribution is 0.0917. The van der Waals surface area contributed by atoms with Crippen molar-refractivity contribution in [2.45, 2.75) is 26.4 Å². The molecule has 0 heterocycles. The molecule has 0 radical (unpaired) electrons. The molecule has 0 bridgehead atoms. The fourth-order valence-corrected chi connectivity index (χ4v) is 6.85. The molecule has 250 valence electrons. The molecular weight excluding hydrogens is 650 g/mol. The average molecular weight is 689 g/mol. The van der Waals surface area contributed by atoms with E-state index in [1.807, 2.05) is 112 Å². The summed E-state index contributed by atoms with van der Waals surface area (Å²) in [6.45, 7) is 5.78. The third kappa shape index (κ3) is 8.81. The Morgan fingerprint density at radius 1 is 0.396 bits per heavy atom. The van der Waals surface area contributed by atoms with Crippen LogP contribution in [0.2, 0.25) is 0 Å². The molecule has 0 saturated carbocycles. The SMILES string of the molecule is COc1ccccc1OP(Oc1ccccc1C)Oc1ccccc1C(C)(C)OP(Oc1ccccc1OC)Oc1ccccc1OC. The van der Waals surface area contributed by atoms with Gasteiger partial charge in [-0.05, 0) is 74.9 Å². The lowest BCUT2D eigenvalue weighted by Gasteiger charge is -2.31. The second kappa shape index (κ2) is 16.4. The van der Waals surface area contributed by atoms with Gasteiger partial charge in [0.15, 0.2) is 34.5 Å². The van der Waals surface area contributed by atoms with E-state index in [0.717, 1.165) is 5.56 Å². The van der Waals surface area contributed by atoms with E-state index >= 15 is 0 Å². The van der Waals surface area contributed by atoms with Crippen molar-refractivity contribution in [1.29, 1.82) is 0 Å². The summed E-state index contributed by atoms with van der Waals surface area (Å²) >= 11 is 0. The molecule has 0 fully saturated rings. The lowest BCUT2D eigenvalue weighted by Crippen LogP contribution is -2.22. The number of hydrogen-bond donors (Lipinski definition) is 0. The van der Waals surface area contributed by atoms with Crippen LogP contribution < -0.4 is 36.8 Å². The number of aryl methyl sites for hydroxylation is 1. The van der Waals surface area contributed by atoms with Gasteiger partial charge < -0.3 is 36.8 Å². The Hall–Kier alpha value is -4.68. The predicted molar refractivity (Wildman–Crippen MR) is 188 cm³/mol. The quantitative estimate of drug-likeness (QED) is 0.0941. The number of para-hydroxylation sites is 8. The summed E-state index contributed by atoms with van der Waals surface area (Å²) in [5.74, 6) is 4.13. The molecule has 5 aromatic rings. The van der Waals surface area contributed by atoms with Crippen LogP contribution in [0, 0.1) is 6.92 Å². The zero-order chi connectivity index (χ0) is 33.9. The normalized spacial score (nSPS) is 11.7. The molecule has 0 saturated heterocycles. The van der Waals surface area contributed by atoms with E-state index in [1.165, 1.54) is 0 Å². The van der Waals surface area contributed by atoms with E-state index in [2.05, 4.69) is 0 Å². The molecule has 1 atom stereocenters. The Kier molecular flexibility index (Phi) is 11.9. The second-order valence-electron chi connectivity index (χ2n) is 10.7. The summed E-state index contributed by atoms with van der Waals surface area (Å²) < 4.78 is 55.3. The number of methoxy groups -OCH3 is 3. The van der Waals surface area contributed by atoms with Crippen LogP contribution in [0.1, 0.15) is 25.0 Å². The first-order valence-corrected chi connectivity index (χ1v) is 17.2. The number of benzene rings is 5. The summed E-state index contributed by atoms with van der Waals surface area (Å²) in [5.41, 5.74) is 0.622. The highest BCUT2D eigenvalue weighted by Gasteiger charge is 2.35. The zero-order valence-electron chi connectivity index (χ0n) is 27.6. The molecule has 9 nitrogen and oxygen atoms in total. The highest BCUT2D eigenvalue weighted by Crippen LogP contribution is 2.53. The molecule has 1 unspecified atom stereocenters. The summed E-state index contributed by atoms with van der Waals surface area (Å²) in [7, 11) is 0.629. The largest absolute Gasteiger partial charge is 0.530 e. The van der Waals surface area contributed by atoms with Crippen LogP contribution in [0.25, 0.3) is 0 Å². The van der Waals surface area contributed by atoms with Gasteiger partial charge in [-0.15, -0.1) is 0 Å². The van der Waals surface area contributed by atoms with Crippen LogP contribution in [0.4, 0.5) is 0 Å². The van der Waals surface area contributed by atoms with Gasteiger partial charge in [0, 0.05) is 5.56 Å². The van der Waals surface area contributed by atoms with Crippen LogP contribution in [-0.2, 0) is 10.1 Å². The van der Waals surface area contributed by atoms with Crippen LogP contribution >= 0.6 is 17.2 Å². The summed E-state index contributed by atoms with van der Waals surface area (Å²) in [5, 5.41) is 0. The first-order valence-electron chi connectivity index (χ1n) is 15.0. The maximum absolute atomic E-state index is 6.68. The molecule has 5 aromatic carbocycles. The molecule has 11 heteroatoms. The van der Waals surface area contributed by atoms with Crippen molar-refractivity contribution in [3.05, 3.63) is 132 Å². The van der Waals surface area contributed by atoms with E-state index in [1.54, 1.807) is 51.7 Å². The molecule has 5 rings (SSSR count). The average Bonchev–Trinajstić information content (AvgIpc) is 3.10. The Labute approximate surface area is 284 Å². The number of rotatable bonds is 16. The van der Waals surface area contributed by atoms with Crippen LogP contribution in [-0.4, -0.2) is 21.3 Å². The predicted octanol–water partition coefficient (Wildman–Crippen LogP) is 10.4. The monoisotopic (exact) mass is 688 g/mol. The first kappa shape index (κ1) is 34.6. The van der Waals surface area contributed by atoms with Crippen molar-refractivity contribution in [2.75, 3.05) is 21.3 Å². The van der Waals surface area contributed by atoms with Crippen molar-refractivity contribution >= 4 is 17.2 Å². The number of hydrogen-bond acceptors (Lipinski definition) is 9. The van der Waals surface area contributed by atoms with E-state index in [9.17, 15) is 0 Å². The summed E-state index contributed by atoms with van der Waals surface area (Å²) in [6.07, 6.45) is 0. The van der Waals surface area contributed by atoms with E-state index < -0.39 is 22.8 Å². The first-order chi connectivity index (χ1) is 23.3. The second-order valence-corrected chi connectivity index (χ2v) is 12.7. The highest BCUT2D eigenvalue weighted by molar-refractivity contribution is 7.43. The van der Waals surface area contributed by atoms with Crippen molar-refractivity contribution in [3.63, 3.8) is 0 Å². The van der Waals surface area contributed by atoms with Gasteiger partial charge in [-0.25, -0.2) is 0 Å². The van der Waals surface area contributed by atoms with E-state index in [4.69, 9.17) is 41.4 Å². The maximum Gasteiger partial charge on any atom is 0.530 e. The van der Waals surface area contributed by atoms with Gasteiger partial charge in [-0.3, -0.25) is 4.52 Å². The van der Waals surface area contributed by atoms with Crippen molar-refractivity contribution in [1.82, 2.24) is 0 Å². The van der Waals surface area contributed by atoms with Gasteiger partial charge in [0.2, 0.25) is 0 Å². The van der Waals surface area contributed by atoms with Crippen LogP contribution in [0.3, 0.4) is 0 Å². The number of ether oxygens (including phenoxy) is 3. The van der Waals surface area contributed by atoms with Gasteiger partial charge in [0.05, 0.1) is 21.3 Å². The molecule has 0 aromatic heterocycles. The van der Waals surface area contributed by atoms with Crippen LogP contribution in [0.5, 0.6) is 46.0 Å². The molecule has 0 spiro atoms.